The molecule has 1 atom stereocenters. The number of hydrogen-bond acceptors (Lipinski definition) is 2. The number of para-hydroxylation sites is 1. The van der Waals surface area contributed by atoms with Crippen LogP contribution >= 0.6 is 22.6 Å². The summed E-state index contributed by atoms with van der Waals surface area (Å²) in [5.41, 5.74) is 0.819. The number of hydrogen-bond donors (Lipinski definition) is 2. The molecular formula is C14H18IN3O2. The van der Waals surface area contributed by atoms with Crippen LogP contribution in [0.1, 0.15) is 19.8 Å². The Morgan fingerprint density at radius 1 is 1.35 bits per heavy atom. The third kappa shape index (κ3) is 4.09. The second-order valence-electron chi connectivity index (χ2n) is 4.90. The highest BCUT2D eigenvalue weighted by Gasteiger charge is 2.24. The van der Waals surface area contributed by atoms with E-state index in [-0.39, 0.29) is 18.0 Å². The number of likely N-dealkylation sites (tertiary alicyclic amines) is 1. The van der Waals surface area contributed by atoms with Gasteiger partial charge in [0, 0.05) is 29.6 Å². The number of rotatable bonds is 2. The van der Waals surface area contributed by atoms with Crippen LogP contribution < -0.4 is 10.6 Å². The van der Waals surface area contributed by atoms with E-state index in [1.54, 1.807) is 4.90 Å². The van der Waals surface area contributed by atoms with Gasteiger partial charge in [-0.15, -0.1) is 0 Å². The van der Waals surface area contributed by atoms with E-state index >= 15 is 0 Å². The van der Waals surface area contributed by atoms with Crippen LogP contribution in [-0.4, -0.2) is 36.0 Å². The molecule has 1 fully saturated rings. The van der Waals surface area contributed by atoms with Crippen LogP contribution in [0.5, 0.6) is 0 Å². The normalized spacial score (nSPS) is 18.5. The van der Waals surface area contributed by atoms with E-state index in [1.807, 2.05) is 24.3 Å². The summed E-state index contributed by atoms with van der Waals surface area (Å²) in [4.78, 5) is 25.1. The van der Waals surface area contributed by atoms with Crippen molar-refractivity contribution >= 4 is 40.2 Å². The molecule has 5 nitrogen and oxygen atoms in total. The van der Waals surface area contributed by atoms with Gasteiger partial charge in [-0.05, 0) is 47.6 Å². The third-order valence-electron chi connectivity index (χ3n) is 3.23. The fourth-order valence-electron chi connectivity index (χ4n) is 2.32. The van der Waals surface area contributed by atoms with E-state index in [2.05, 4.69) is 33.2 Å². The van der Waals surface area contributed by atoms with Gasteiger partial charge < -0.3 is 15.5 Å². The molecule has 0 aliphatic carbocycles. The molecule has 0 saturated carbocycles. The van der Waals surface area contributed by atoms with Crippen LogP contribution in [0.4, 0.5) is 10.5 Å². The summed E-state index contributed by atoms with van der Waals surface area (Å²) in [6.45, 7) is 2.80. The molecule has 3 amide bonds. The zero-order chi connectivity index (χ0) is 14.5. The molecule has 1 saturated heterocycles. The van der Waals surface area contributed by atoms with Gasteiger partial charge in [0.2, 0.25) is 5.91 Å². The molecule has 2 rings (SSSR count). The number of nitrogens with zero attached hydrogens (tertiary/aromatic N) is 1. The van der Waals surface area contributed by atoms with Crippen molar-refractivity contribution in [2.24, 2.45) is 0 Å². The minimum atomic E-state index is -0.107. The second kappa shape index (κ2) is 6.92. The van der Waals surface area contributed by atoms with Crippen molar-refractivity contribution in [1.29, 1.82) is 0 Å². The maximum atomic E-state index is 12.2. The molecule has 108 valence electrons. The van der Waals surface area contributed by atoms with E-state index in [4.69, 9.17) is 0 Å². The Kier molecular flexibility index (Phi) is 5.22. The largest absolute Gasteiger partial charge is 0.352 e. The van der Waals surface area contributed by atoms with E-state index in [1.165, 1.54) is 6.92 Å². The van der Waals surface area contributed by atoms with Crippen molar-refractivity contribution in [2.75, 3.05) is 18.4 Å². The SMILES string of the molecule is CC(=O)NC1CCCN(C(=O)Nc2ccccc2I)C1. The number of carbonyl (C=O) groups is 2. The lowest BCUT2D eigenvalue weighted by atomic mass is 10.1. The number of nitrogens with one attached hydrogen (secondary N) is 2. The van der Waals surface area contributed by atoms with Crippen molar-refractivity contribution in [1.82, 2.24) is 10.2 Å². The van der Waals surface area contributed by atoms with Crippen molar-refractivity contribution < 1.29 is 9.59 Å². The van der Waals surface area contributed by atoms with Gasteiger partial charge in [-0.25, -0.2) is 4.79 Å². The minimum absolute atomic E-state index is 0.0464. The van der Waals surface area contributed by atoms with Gasteiger partial charge in [-0.3, -0.25) is 4.79 Å². The van der Waals surface area contributed by atoms with Gasteiger partial charge in [0.05, 0.1) is 5.69 Å². The standard InChI is InChI=1S/C14H18IN3O2/c1-10(19)16-11-5-4-8-18(9-11)14(20)17-13-7-3-2-6-12(13)15/h2-3,6-7,11H,4-5,8-9H2,1H3,(H,16,19)(H,17,20). The molecule has 20 heavy (non-hydrogen) atoms. The van der Waals surface area contributed by atoms with Gasteiger partial charge in [0.1, 0.15) is 0 Å². The molecule has 1 heterocycles. The predicted octanol–water partition coefficient (Wildman–Crippen LogP) is 2.42. The highest BCUT2D eigenvalue weighted by molar-refractivity contribution is 14.1. The van der Waals surface area contributed by atoms with E-state index in [0.29, 0.717) is 6.54 Å². The predicted molar refractivity (Wildman–Crippen MR) is 86.6 cm³/mol. The highest BCUT2D eigenvalue weighted by Crippen LogP contribution is 2.18. The van der Waals surface area contributed by atoms with E-state index < -0.39 is 0 Å². The maximum absolute atomic E-state index is 12.2. The molecule has 1 aliphatic rings. The fourth-order valence-corrected chi connectivity index (χ4v) is 2.85. The van der Waals surface area contributed by atoms with Gasteiger partial charge in [-0.2, -0.15) is 0 Å². The van der Waals surface area contributed by atoms with Crippen LogP contribution in [0.2, 0.25) is 0 Å². The number of carbonyl (C=O) groups excluding carboxylic acids is 2. The number of piperidine rings is 1. The van der Waals surface area contributed by atoms with Gasteiger partial charge in [-0.1, -0.05) is 12.1 Å². The van der Waals surface area contributed by atoms with Gasteiger partial charge >= 0.3 is 6.03 Å². The summed E-state index contributed by atoms with van der Waals surface area (Å²) in [6, 6.07) is 7.62. The Balaban J connectivity index is 1.95. The van der Waals surface area contributed by atoms with Crippen molar-refractivity contribution in [3.63, 3.8) is 0 Å². The summed E-state index contributed by atoms with van der Waals surface area (Å²) in [5.74, 6) is -0.0464. The summed E-state index contributed by atoms with van der Waals surface area (Å²) in [7, 11) is 0. The lowest BCUT2D eigenvalue weighted by molar-refractivity contribution is -0.119. The zero-order valence-corrected chi connectivity index (χ0v) is 13.5. The molecule has 1 aromatic carbocycles. The third-order valence-corrected chi connectivity index (χ3v) is 4.17. The first kappa shape index (κ1) is 15.1. The Morgan fingerprint density at radius 3 is 2.80 bits per heavy atom. The van der Waals surface area contributed by atoms with Crippen LogP contribution in [0.25, 0.3) is 0 Å². The minimum Gasteiger partial charge on any atom is -0.352 e. The molecule has 2 N–H and O–H groups in total. The van der Waals surface area contributed by atoms with Crippen LogP contribution in [0.15, 0.2) is 24.3 Å². The number of amides is 3. The van der Waals surface area contributed by atoms with Gasteiger partial charge in [0.25, 0.3) is 0 Å². The Labute approximate surface area is 132 Å². The first-order valence-corrected chi connectivity index (χ1v) is 7.71. The molecule has 0 radical (unpaired) electrons. The average molecular weight is 387 g/mol. The highest BCUT2D eigenvalue weighted by atomic mass is 127. The lowest BCUT2D eigenvalue weighted by Crippen LogP contribution is -2.50. The molecule has 1 aromatic rings. The first-order chi connectivity index (χ1) is 9.56. The number of urea groups is 1. The quantitative estimate of drug-likeness (QED) is 0.766. The second-order valence-corrected chi connectivity index (χ2v) is 6.06. The van der Waals surface area contributed by atoms with Crippen LogP contribution in [0, 0.1) is 3.57 Å². The Hall–Kier alpha value is -1.31. The van der Waals surface area contributed by atoms with Crippen molar-refractivity contribution in [3.05, 3.63) is 27.8 Å². The molecule has 0 spiro atoms. The maximum Gasteiger partial charge on any atom is 0.321 e. The summed E-state index contributed by atoms with van der Waals surface area (Å²) in [5, 5.41) is 5.80. The molecule has 0 aromatic heterocycles. The van der Waals surface area contributed by atoms with Crippen molar-refractivity contribution in [3.8, 4) is 0 Å². The van der Waals surface area contributed by atoms with Crippen LogP contribution in [-0.2, 0) is 4.79 Å². The van der Waals surface area contributed by atoms with Crippen LogP contribution in [0.3, 0.4) is 0 Å². The monoisotopic (exact) mass is 387 g/mol. The molecule has 1 unspecified atom stereocenters. The number of anilines is 1. The van der Waals surface area contributed by atoms with Gasteiger partial charge in [0.15, 0.2) is 0 Å². The molecule has 6 heteroatoms. The number of halogens is 1. The van der Waals surface area contributed by atoms with E-state index in [9.17, 15) is 9.59 Å². The Morgan fingerprint density at radius 2 is 2.10 bits per heavy atom. The summed E-state index contributed by atoms with van der Waals surface area (Å²) in [6.07, 6.45) is 1.83. The summed E-state index contributed by atoms with van der Waals surface area (Å²) >= 11 is 2.19. The summed E-state index contributed by atoms with van der Waals surface area (Å²) < 4.78 is 1.01. The zero-order valence-electron chi connectivity index (χ0n) is 11.4. The fraction of sp³-hybridized carbons (Fsp3) is 0.429. The topological polar surface area (TPSA) is 61.4 Å². The molecule has 0 bridgehead atoms. The smallest absolute Gasteiger partial charge is 0.321 e. The first-order valence-electron chi connectivity index (χ1n) is 6.64. The van der Waals surface area contributed by atoms with Crippen molar-refractivity contribution in [2.45, 2.75) is 25.8 Å². The number of benzene rings is 1. The molecule has 1 aliphatic heterocycles. The van der Waals surface area contributed by atoms with E-state index in [0.717, 1.165) is 28.6 Å². The molecular weight excluding hydrogens is 369 g/mol. The average Bonchev–Trinajstić information content (AvgIpc) is 2.41. The Bertz CT molecular complexity index is 507. The lowest BCUT2D eigenvalue weighted by Gasteiger charge is -2.33.